The number of carbonyl (C=O) groups excluding carboxylic acids is 1. The fraction of sp³-hybridized carbons (Fsp3) is 0.364. The highest BCUT2D eigenvalue weighted by atomic mass is 16.5. The van der Waals surface area contributed by atoms with Crippen LogP contribution in [0, 0.1) is 0 Å². The molecule has 1 aliphatic rings. The van der Waals surface area contributed by atoms with Gasteiger partial charge in [0, 0.05) is 24.6 Å². The molecule has 0 radical (unpaired) electrons. The summed E-state index contributed by atoms with van der Waals surface area (Å²) in [5, 5.41) is 3.69. The minimum Gasteiger partial charge on any atom is -0.491 e. The maximum atomic E-state index is 12.6. The number of carbonyl (C=O) groups is 1. The zero-order valence-electron chi connectivity index (χ0n) is 16.6. The molecule has 4 rings (SSSR count). The molecule has 0 spiro atoms. The number of nitrogens with zero attached hydrogens (tertiary/aromatic N) is 1. The molecule has 1 atom stereocenters. The predicted molar refractivity (Wildman–Crippen MR) is 111 cm³/mol. The SMILES string of the molecule is CC(C)Oc1ccc(-n2c(=O)ccc3cc(C(=O)NCC4CCCO4)[nH]c32)cc1. The Morgan fingerprint density at radius 1 is 1.28 bits per heavy atom. The third kappa shape index (κ3) is 4.19. The van der Waals surface area contributed by atoms with E-state index in [9.17, 15) is 9.59 Å². The second-order valence-electron chi connectivity index (χ2n) is 7.50. The van der Waals surface area contributed by atoms with Crippen molar-refractivity contribution in [3.05, 3.63) is 58.5 Å². The van der Waals surface area contributed by atoms with Crippen molar-refractivity contribution in [2.24, 2.45) is 0 Å². The normalized spacial score (nSPS) is 16.4. The maximum absolute atomic E-state index is 12.6. The van der Waals surface area contributed by atoms with E-state index < -0.39 is 0 Å². The first-order valence-corrected chi connectivity index (χ1v) is 9.93. The highest BCUT2D eigenvalue weighted by Gasteiger charge is 2.18. The fourth-order valence-corrected chi connectivity index (χ4v) is 3.55. The molecule has 152 valence electrons. The van der Waals surface area contributed by atoms with E-state index in [0.717, 1.165) is 30.6 Å². The summed E-state index contributed by atoms with van der Waals surface area (Å²) in [5.74, 6) is 0.529. The van der Waals surface area contributed by atoms with Crippen molar-refractivity contribution in [3.8, 4) is 11.4 Å². The van der Waals surface area contributed by atoms with Crippen LogP contribution in [0.2, 0.25) is 0 Å². The number of rotatable bonds is 6. The highest BCUT2D eigenvalue weighted by molar-refractivity contribution is 5.97. The number of pyridine rings is 1. The average Bonchev–Trinajstić information content (AvgIpc) is 3.36. The molecular formula is C22H25N3O4. The first kappa shape index (κ1) is 19.3. The molecule has 3 aromatic rings. The van der Waals surface area contributed by atoms with E-state index in [0.29, 0.717) is 23.6 Å². The summed E-state index contributed by atoms with van der Waals surface area (Å²) in [4.78, 5) is 28.2. The van der Waals surface area contributed by atoms with Crippen molar-refractivity contribution in [2.45, 2.75) is 38.9 Å². The summed E-state index contributed by atoms with van der Waals surface area (Å²) in [6.07, 6.45) is 2.14. The molecule has 1 amide bonds. The van der Waals surface area contributed by atoms with Crippen LogP contribution in [-0.4, -0.2) is 40.8 Å². The molecule has 1 aliphatic heterocycles. The van der Waals surface area contributed by atoms with Crippen molar-refractivity contribution < 1.29 is 14.3 Å². The largest absolute Gasteiger partial charge is 0.491 e. The van der Waals surface area contributed by atoms with Crippen molar-refractivity contribution >= 4 is 16.9 Å². The number of amides is 1. The number of aromatic nitrogens is 2. The second kappa shape index (κ2) is 8.13. The lowest BCUT2D eigenvalue weighted by atomic mass is 10.2. The third-order valence-electron chi connectivity index (χ3n) is 4.90. The van der Waals surface area contributed by atoms with Crippen molar-refractivity contribution in [1.29, 1.82) is 0 Å². The van der Waals surface area contributed by atoms with E-state index in [1.165, 1.54) is 6.07 Å². The lowest BCUT2D eigenvalue weighted by Gasteiger charge is -2.12. The molecule has 1 aromatic carbocycles. The van der Waals surface area contributed by atoms with Crippen molar-refractivity contribution in [2.75, 3.05) is 13.2 Å². The molecule has 29 heavy (non-hydrogen) atoms. The number of ether oxygens (including phenoxy) is 2. The Morgan fingerprint density at radius 3 is 2.76 bits per heavy atom. The number of hydrogen-bond acceptors (Lipinski definition) is 4. The lowest BCUT2D eigenvalue weighted by molar-refractivity contribution is 0.0854. The second-order valence-corrected chi connectivity index (χ2v) is 7.50. The summed E-state index contributed by atoms with van der Waals surface area (Å²) >= 11 is 0. The Kier molecular flexibility index (Phi) is 5.40. The molecule has 2 N–H and O–H groups in total. The molecule has 3 heterocycles. The summed E-state index contributed by atoms with van der Waals surface area (Å²) in [6.45, 7) is 5.16. The van der Waals surface area contributed by atoms with E-state index in [-0.39, 0.29) is 23.7 Å². The first-order chi connectivity index (χ1) is 14.0. The molecule has 7 heteroatoms. The number of nitrogens with one attached hydrogen (secondary N) is 2. The van der Waals surface area contributed by atoms with Gasteiger partial charge in [-0.15, -0.1) is 0 Å². The third-order valence-corrected chi connectivity index (χ3v) is 4.90. The number of aromatic amines is 1. The molecule has 1 fully saturated rings. The summed E-state index contributed by atoms with van der Waals surface area (Å²) < 4.78 is 12.8. The van der Waals surface area contributed by atoms with E-state index in [2.05, 4.69) is 10.3 Å². The molecule has 0 aliphatic carbocycles. The molecule has 0 bridgehead atoms. The monoisotopic (exact) mass is 395 g/mol. The summed E-state index contributed by atoms with van der Waals surface area (Å²) in [7, 11) is 0. The number of benzene rings is 1. The van der Waals surface area contributed by atoms with Crippen LogP contribution in [0.15, 0.2) is 47.3 Å². The van der Waals surface area contributed by atoms with Gasteiger partial charge in [-0.2, -0.15) is 0 Å². The maximum Gasteiger partial charge on any atom is 0.267 e. The van der Waals surface area contributed by atoms with Gasteiger partial charge in [-0.25, -0.2) is 0 Å². The zero-order valence-corrected chi connectivity index (χ0v) is 16.6. The van der Waals surface area contributed by atoms with Crippen LogP contribution in [-0.2, 0) is 4.74 Å². The van der Waals surface area contributed by atoms with E-state index in [1.54, 1.807) is 16.7 Å². The average molecular weight is 395 g/mol. The van der Waals surface area contributed by atoms with Gasteiger partial charge in [-0.3, -0.25) is 14.2 Å². The van der Waals surface area contributed by atoms with Crippen molar-refractivity contribution in [3.63, 3.8) is 0 Å². The molecule has 0 saturated carbocycles. The summed E-state index contributed by atoms with van der Waals surface area (Å²) in [5.41, 5.74) is 1.52. The Labute approximate surface area is 168 Å². The fourth-order valence-electron chi connectivity index (χ4n) is 3.55. The van der Waals surface area contributed by atoms with Crippen LogP contribution < -0.4 is 15.6 Å². The Balaban J connectivity index is 1.61. The molecular weight excluding hydrogens is 370 g/mol. The predicted octanol–water partition coefficient (Wildman–Crippen LogP) is 3.01. The van der Waals surface area contributed by atoms with Gasteiger partial charge < -0.3 is 19.8 Å². The Bertz CT molecular complexity index is 1060. The van der Waals surface area contributed by atoms with E-state index >= 15 is 0 Å². The highest BCUT2D eigenvalue weighted by Crippen LogP contribution is 2.20. The van der Waals surface area contributed by atoms with Crippen LogP contribution in [0.5, 0.6) is 5.75 Å². The van der Waals surface area contributed by atoms with Gasteiger partial charge in [0.1, 0.15) is 17.1 Å². The van der Waals surface area contributed by atoms with E-state index in [4.69, 9.17) is 9.47 Å². The van der Waals surface area contributed by atoms with Gasteiger partial charge >= 0.3 is 0 Å². The number of hydrogen-bond donors (Lipinski definition) is 2. The molecule has 1 saturated heterocycles. The molecule has 1 unspecified atom stereocenters. The molecule has 7 nitrogen and oxygen atoms in total. The van der Waals surface area contributed by atoms with Crippen LogP contribution in [0.1, 0.15) is 37.2 Å². The van der Waals surface area contributed by atoms with Gasteiger partial charge in [0.25, 0.3) is 11.5 Å². The van der Waals surface area contributed by atoms with Crippen LogP contribution >= 0.6 is 0 Å². The standard InChI is InChI=1S/C22H25N3O4/c1-14(2)29-17-8-6-16(7-9-17)25-20(26)10-5-15-12-19(24-21(15)25)22(27)23-13-18-4-3-11-28-18/h5-10,12,14,18,24H,3-4,11,13H2,1-2H3,(H,23,27). The first-order valence-electron chi connectivity index (χ1n) is 9.93. The van der Waals surface area contributed by atoms with E-state index in [1.807, 2.05) is 38.1 Å². The number of fused-ring (bicyclic) bond motifs is 1. The minimum absolute atomic E-state index is 0.0751. The van der Waals surface area contributed by atoms with Crippen LogP contribution in [0.3, 0.4) is 0 Å². The quantitative estimate of drug-likeness (QED) is 0.672. The van der Waals surface area contributed by atoms with Gasteiger partial charge in [0.05, 0.1) is 17.9 Å². The minimum atomic E-state index is -0.212. The Hall–Kier alpha value is -3.06. The molecule has 2 aromatic heterocycles. The van der Waals surface area contributed by atoms with Crippen molar-refractivity contribution in [1.82, 2.24) is 14.9 Å². The van der Waals surface area contributed by atoms with Crippen LogP contribution in [0.25, 0.3) is 16.7 Å². The zero-order chi connectivity index (χ0) is 20.4. The topological polar surface area (TPSA) is 85.3 Å². The van der Waals surface area contributed by atoms with Gasteiger partial charge in [0.2, 0.25) is 0 Å². The van der Waals surface area contributed by atoms with Gasteiger partial charge in [0.15, 0.2) is 0 Å². The van der Waals surface area contributed by atoms with Crippen LogP contribution in [0.4, 0.5) is 0 Å². The van der Waals surface area contributed by atoms with Gasteiger partial charge in [-0.1, -0.05) is 0 Å². The smallest absolute Gasteiger partial charge is 0.267 e. The number of H-pyrrole nitrogens is 1. The lowest BCUT2D eigenvalue weighted by Crippen LogP contribution is -2.31. The van der Waals surface area contributed by atoms with Gasteiger partial charge in [-0.05, 0) is 63.1 Å². The summed E-state index contributed by atoms with van der Waals surface area (Å²) in [6, 6.07) is 12.3. The Morgan fingerprint density at radius 2 is 2.07 bits per heavy atom.